The number of esters is 1. The van der Waals surface area contributed by atoms with Gasteiger partial charge in [-0.25, -0.2) is 18.4 Å². The third-order valence-electron chi connectivity index (χ3n) is 6.63. The summed E-state index contributed by atoms with van der Waals surface area (Å²) < 4.78 is 40.6. The van der Waals surface area contributed by atoms with Crippen molar-refractivity contribution in [3.8, 4) is 5.69 Å². The molecule has 0 N–H and O–H groups in total. The molecule has 5 aromatic rings. The van der Waals surface area contributed by atoms with Gasteiger partial charge in [-0.2, -0.15) is 9.78 Å². The Hall–Kier alpha value is -4.79. The minimum absolute atomic E-state index is 0.0599. The summed E-state index contributed by atoms with van der Waals surface area (Å²) in [5.74, 6) is -0.596. The van der Waals surface area contributed by atoms with E-state index in [1.54, 1.807) is 30.5 Å². The number of carbonyl (C=O) groups excluding carboxylic acids is 2. The highest BCUT2D eigenvalue weighted by Gasteiger charge is 2.23. The first-order valence-corrected chi connectivity index (χ1v) is 12.7. The van der Waals surface area contributed by atoms with E-state index >= 15 is 0 Å². The molecule has 0 saturated heterocycles. The van der Waals surface area contributed by atoms with Gasteiger partial charge in [-0.1, -0.05) is 56.3 Å². The molecule has 9 heteroatoms. The van der Waals surface area contributed by atoms with Gasteiger partial charge < -0.3 is 14.0 Å². The van der Waals surface area contributed by atoms with Crippen LogP contribution in [0.1, 0.15) is 48.6 Å². The zero-order chi connectivity index (χ0) is 28.4. The van der Waals surface area contributed by atoms with Crippen molar-refractivity contribution in [2.24, 2.45) is 0 Å². The number of carbonyl (C=O) groups is 2. The summed E-state index contributed by atoms with van der Waals surface area (Å²) in [7, 11) is 1.29. The SMILES string of the molecule is COC(=O)/C=C/c1c(C(C)C)n(-c2cccc(C(F)F)c2)c2cc3cnn(C(=O)OCc4ccccc4)c3cc12. The molecule has 2 aromatic heterocycles. The summed E-state index contributed by atoms with van der Waals surface area (Å²) in [6, 6.07) is 19.2. The molecule has 204 valence electrons. The number of methoxy groups -OCH3 is 1. The van der Waals surface area contributed by atoms with Crippen LogP contribution in [0.5, 0.6) is 0 Å². The van der Waals surface area contributed by atoms with Crippen LogP contribution < -0.4 is 0 Å². The number of aromatic nitrogens is 3. The van der Waals surface area contributed by atoms with Crippen molar-refractivity contribution in [2.75, 3.05) is 7.11 Å². The molecule has 7 nitrogen and oxygen atoms in total. The van der Waals surface area contributed by atoms with Gasteiger partial charge in [0.15, 0.2) is 0 Å². The van der Waals surface area contributed by atoms with Crippen LogP contribution in [0.25, 0.3) is 33.6 Å². The first-order chi connectivity index (χ1) is 19.3. The number of rotatable bonds is 7. The number of hydrogen-bond acceptors (Lipinski definition) is 5. The molecule has 0 radical (unpaired) electrons. The van der Waals surface area contributed by atoms with Gasteiger partial charge in [0.1, 0.15) is 6.61 Å². The van der Waals surface area contributed by atoms with Crippen molar-refractivity contribution in [1.29, 1.82) is 0 Å². The molecule has 0 aliphatic heterocycles. The maximum atomic E-state index is 13.6. The molecule has 0 spiro atoms. The van der Waals surface area contributed by atoms with Gasteiger partial charge in [0.25, 0.3) is 6.43 Å². The molecule has 2 heterocycles. The van der Waals surface area contributed by atoms with E-state index in [1.807, 2.05) is 54.8 Å². The molecule has 0 amide bonds. The van der Waals surface area contributed by atoms with E-state index in [4.69, 9.17) is 9.47 Å². The number of nitrogens with zero attached hydrogens (tertiary/aromatic N) is 3. The van der Waals surface area contributed by atoms with Crippen LogP contribution in [0, 0.1) is 0 Å². The fourth-order valence-electron chi connectivity index (χ4n) is 4.82. The second-order valence-electron chi connectivity index (χ2n) is 9.57. The van der Waals surface area contributed by atoms with Crippen molar-refractivity contribution in [3.63, 3.8) is 0 Å². The molecule has 0 fully saturated rings. The topological polar surface area (TPSA) is 75.4 Å². The van der Waals surface area contributed by atoms with E-state index in [2.05, 4.69) is 5.10 Å². The van der Waals surface area contributed by atoms with Crippen molar-refractivity contribution in [1.82, 2.24) is 14.3 Å². The number of fused-ring (bicyclic) bond motifs is 2. The molecule has 40 heavy (non-hydrogen) atoms. The summed E-state index contributed by atoms with van der Waals surface area (Å²) in [5, 5.41) is 5.63. The third-order valence-corrected chi connectivity index (χ3v) is 6.63. The lowest BCUT2D eigenvalue weighted by atomic mass is 10.0. The Kier molecular flexibility index (Phi) is 7.46. The second kappa shape index (κ2) is 11.1. The van der Waals surface area contributed by atoms with E-state index in [0.717, 1.165) is 11.3 Å². The van der Waals surface area contributed by atoms with E-state index in [9.17, 15) is 18.4 Å². The van der Waals surface area contributed by atoms with E-state index < -0.39 is 18.5 Å². The van der Waals surface area contributed by atoms with Crippen LogP contribution >= 0.6 is 0 Å². The van der Waals surface area contributed by atoms with E-state index in [0.29, 0.717) is 33.1 Å². The van der Waals surface area contributed by atoms with E-state index in [-0.39, 0.29) is 18.1 Å². The van der Waals surface area contributed by atoms with Gasteiger partial charge in [0.2, 0.25) is 0 Å². The van der Waals surface area contributed by atoms with Gasteiger partial charge in [-0.3, -0.25) is 0 Å². The smallest absolute Gasteiger partial charge is 0.435 e. The Morgan fingerprint density at radius 1 is 1.00 bits per heavy atom. The van der Waals surface area contributed by atoms with E-state index in [1.165, 1.54) is 30.0 Å². The third kappa shape index (κ3) is 5.10. The summed E-state index contributed by atoms with van der Waals surface area (Å²) in [6.07, 6.45) is 1.26. The van der Waals surface area contributed by atoms with Crippen LogP contribution in [0.4, 0.5) is 13.6 Å². The number of ether oxygens (including phenoxy) is 2. The monoisotopic (exact) mass is 543 g/mol. The normalized spacial score (nSPS) is 11.8. The van der Waals surface area contributed by atoms with Crippen LogP contribution in [0.3, 0.4) is 0 Å². The number of alkyl halides is 2. The Morgan fingerprint density at radius 3 is 2.48 bits per heavy atom. The predicted molar refractivity (Wildman–Crippen MR) is 149 cm³/mol. The lowest BCUT2D eigenvalue weighted by Crippen LogP contribution is -2.14. The van der Waals surface area contributed by atoms with Gasteiger partial charge >= 0.3 is 12.1 Å². The van der Waals surface area contributed by atoms with Crippen molar-refractivity contribution >= 4 is 39.9 Å². The highest BCUT2D eigenvalue weighted by atomic mass is 19.3. The Balaban J connectivity index is 1.70. The van der Waals surface area contributed by atoms with Gasteiger partial charge in [-0.15, -0.1) is 0 Å². The number of benzene rings is 3. The molecule has 0 aliphatic carbocycles. The van der Waals surface area contributed by atoms with Crippen LogP contribution in [0.15, 0.2) is 79.0 Å². The average Bonchev–Trinajstić information content (AvgIpc) is 3.52. The van der Waals surface area contributed by atoms with Gasteiger partial charge in [-0.05, 0) is 41.8 Å². The maximum Gasteiger partial charge on any atom is 0.435 e. The second-order valence-corrected chi connectivity index (χ2v) is 9.57. The minimum atomic E-state index is -2.63. The molecule has 0 atom stereocenters. The minimum Gasteiger partial charge on any atom is -0.466 e. The quantitative estimate of drug-likeness (QED) is 0.158. The zero-order valence-corrected chi connectivity index (χ0v) is 22.2. The molecular formula is C31H27F2N3O4. The highest BCUT2D eigenvalue weighted by molar-refractivity contribution is 6.04. The Labute approximate surface area is 229 Å². The molecule has 0 aliphatic rings. The molecule has 0 unspecified atom stereocenters. The van der Waals surface area contributed by atoms with Crippen molar-refractivity contribution < 1.29 is 27.8 Å². The number of halogens is 2. The maximum absolute atomic E-state index is 13.6. The lowest BCUT2D eigenvalue weighted by molar-refractivity contribution is -0.134. The van der Waals surface area contributed by atoms with Crippen LogP contribution in [-0.2, 0) is 20.9 Å². The Morgan fingerprint density at radius 2 is 1.77 bits per heavy atom. The fraction of sp³-hybridized carbons (Fsp3) is 0.194. The van der Waals surface area contributed by atoms with Crippen molar-refractivity contribution in [2.45, 2.75) is 32.8 Å². The standard InChI is InChI=1S/C31H27F2N3O4/c1-19(2)29-24(12-13-28(37)39-3)25-16-26-22(15-27(25)35(29)23-11-7-10-21(14-23)30(32)33)17-34-36(26)31(38)40-18-20-8-5-4-6-9-20/h4-17,19,30H,18H2,1-3H3/b13-12+. The molecular weight excluding hydrogens is 516 g/mol. The molecule has 5 rings (SSSR count). The van der Waals surface area contributed by atoms with Crippen LogP contribution in [-0.4, -0.2) is 33.5 Å². The van der Waals surface area contributed by atoms with Gasteiger partial charge in [0.05, 0.1) is 24.3 Å². The first-order valence-electron chi connectivity index (χ1n) is 12.7. The molecule has 0 saturated carbocycles. The summed E-state index contributed by atoms with van der Waals surface area (Å²) in [5.41, 5.74) is 4.02. The fourth-order valence-corrected chi connectivity index (χ4v) is 4.82. The largest absolute Gasteiger partial charge is 0.466 e. The summed E-state index contributed by atoms with van der Waals surface area (Å²) in [6.45, 7) is 4.06. The number of hydrogen-bond donors (Lipinski definition) is 0. The highest BCUT2D eigenvalue weighted by Crippen LogP contribution is 2.38. The van der Waals surface area contributed by atoms with Crippen molar-refractivity contribution in [3.05, 3.63) is 101 Å². The molecule has 0 bridgehead atoms. The Bertz CT molecular complexity index is 1740. The average molecular weight is 544 g/mol. The zero-order valence-electron chi connectivity index (χ0n) is 22.2. The summed E-state index contributed by atoms with van der Waals surface area (Å²) in [4.78, 5) is 25.0. The predicted octanol–water partition coefficient (Wildman–Crippen LogP) is 7.41. The summed E-state index contributed by atoms with van der Waals surface area (Å²) >= 11 is 0. The van der Waals surface area contributed by atoms with Crippen LogP contribution in [0.2, 0.25) is 0 Å². The van der Waals surface area contributed by atoms with Gasteiger partial charge in [0, 0.05) is 39.4 Å². The first kappa shape index (κ1) is 26.8. The molecule has 3 aromatic carbocycles. The lowest BCUT2D eigenvalue weighted by Gasteiger charge is -2.15.